The van der Waals surface area contributed by atoms with Crippen LogP contribution in [0.3, 0.4) is 0 Å². The minimum Gasteiger partial charge on any atom is -0.355 e. The molecule has 0 fully saturated rings. The maximum atomic E-state index is 11.5. The summed E-state index contributed by atoms with van der Waals surface area (Å²) >= 11 is 3.37. The van der Waals surface area contributed by atoms with E-state index in [2.05, 4.69) is 21.2 Å². The first-order valence-corrected chi connectivity index (χ1v) is 6.08. The Morgan fingerprint density at radius 2 is 1.82 bits per heavy atom. The Morgan fingerprint density at radius 3 is 2.47 bits per heavy atom. The number of hydrogen-bond acceptors (Lipinski definition) is 2. The maximum Gasteiger partial charge on any atom is 0.161 e. The molecule has 2 nitrogen and oxygen atoms in total. The van der Waals surface area contributed by atoms with Crippen molar-refractivity contribution in [1.29, 1.82) is 0 Å². The zero-order valence-electron chi connectivity index (χ0n) is 9.41. The van der Waals surface area contributed by atoms with Crippen molar-refractivity contribution >= 4 is 33.1 Å². The topological polar surface area (TPSA) is 29.1 Å². The second kappa shape index (κ2) is 5.15. The molecule has 0 amide bonds. The minimum absolute atomic E-state index is 0.0460. The predicted molar refractivity (Wildman–Crippen MR) is 73.9 cm³/mol. The number of halogens is 1. The molecule has 0 aliphatic rings. The number of carbonyl (C=O) groups excluding carboxylic acids is 1. The van der Waals surface area contributed by atoms with Crippen LogP contribution < -0.4 is 5.32 Å². The van der Waals surface area contributed by atoms with Gasteiger partial charge in [0.15, 0.2) is 5.78 Å². The van der Waals surface area contributed by atoms with E-state index in [4.69, 9.17) is 0 Å². The third-order valence-electron chi connectivity index (χ3n) is 2.41. The Labute approximate surface area is 109 Å². The van der Waals surface area contributed by atoms with E-state index in [9.17, 15) is 4.79 Å². The molecule has 0 aliphatic heterocycles. The molecule has 0 bridgehead atoms. The van der Waals surface area contributed by atoms with Gasteiger partial charge < -0.3 is 5.32 Å². The van der Waals surface area contributed by atoms with Crippen molar-refractivity contribution in [3.63, 3.8) is 0 Å². The van der Waals surface area contributed by atoms with Crippen molar-refractivity contribution in [2.75, 3.05) is 5.32 Å². The summed E-state index contributed by atoms with van der Waals surface area (Å²) in [5.41, 5.74) is 2.48. The number of rotatable bonds is 3. The lowest BCUT2D eigenvalue weighted by atomic mass is 10.1. The number of hydrogen-bond donors (Lipinski definition) is 1. The summed E-state index contributed by atoms with van der Waals surface area (Å²) in [6, 6.07) is 15.4. The molecule has 3 heteroatoms. The van der Waals surface area contributed by atoms with Crippen molar-refractivity contribution in [2.45, 2.75) is 6.92 Å². The van der Waals surface area contributed by atoms with Gasteiger partial charge >= 0.3 is 0 Å². The van der Waals surface area contributed by atoms with Crippen LogP contribution >= 0.6 is 15.9 Å². The van der Waals surface area contributed by atoms with Gasteiger partial charge in [-0.3, -0.25) is 4.79 Å². The number of para-hydroxylation sites is 1. The van der Waals surface area contributed by atoms with Gasteiger partial charge in [0.2, 0.25) is 0 Å². The molecule has 0 unspecified atom stereocenters. The molecule has 0 heterocycles. The smallest absolute Gasteiger partial charge is 0.161 e. The molecule has 0 atom stereocenters. The third kappa shape index (κ3) is 2.94. The monoisotopic (exact) mass is 289 g/mol. The summed E-state index contributed by atoms with van der Waals surface area (Å²) in [6.45, 7) is 1.57. The minimum atomic E-state index is 0.0460. The van der Waals surface area contributed by atoms with E-state index in [1.807, 2.05) is 48.5 Å². The van der Waals surface area contributed by atoms with Crippen LogP contribution in [0.5, 0.6) is 0 Å². The zero-order valence-corrected chi connectivity index (χ0v) is 11.0. The molecule has 0 spiro atoms. The average Bonchev–Trinajstić information content (AvgIpc) is 2.32. The van der Waals surface area contributed by atoms with Gasteiger partial charge in [0.25, 0.3) is 0 Å². The molecule has 2 aromatic carbocycles. The van der Waals surface area contributed by atoms with E-state index in [0.29, 0.717) is 5.56 Å². The number of ketones is 1. The normalized spacial score (nSPS) is 10.0. The van der Waals surface area contributed by atoms with Gasteiger partial charge in [-0.1, -0.05) is 34.1 Å². The van der Waals surface area contributed by atoms with Gasteiger partial charge in [0.1, 0.15) is 0 Å². The molecule has 2 rings (SSSR count). The lowest BCUT2D eigenvalue weighted by Crippen LogP contribution is -2.00. The SMILES string of the molecule is CC(=O)c1cc(Br)ccc1Nc1ccccc1. The van der Waals surface area contributed by atoms with Crippen LogP contribution in [-0.4, -0.2) is 5.78 Å². The molecule has 1 N–H and O–H groups in total. The quantitative estimate of drug-likeness (QED) is 0.849. The molecular formula is C14H12BrNO. The van der Waals surface area contributed by atoms with E-state index < -0.39 is 0 Å². The molecule has 0 radical (unpaired) electrons. The molecule has 2 aromatic rings. The Bertz CT molecular complexity index is 537. The van der Waals surface area contributed by atoms with Gasteiger partial charge in [-0.15, -0.1) is 0 Å². The van der Waals surface area contributed by atoms with Crippen LogP contribution in [0.1, 0.15) is 17.3 Å². The highest BCUT2D eigenvalue weighted by atomic mass is 79.9. The van der Waals surface area contributed by atoms with Gasteiger partial charge in [-0.2, -0.15) is 0 Å². The molecule has 0 aromatic heterocycles. The second-order valence-corrected chi connectivity index (χ2v) is 4.65. The zero-order chi connectivity index (χ0) is 12.3. The number of anilines is 2. The Hall–Kier alpha value is -1.61. The second-order valence-electron chi connectivity index (χ2n) is 3.74. The van der Waals surface area contributed by atoms with E-state index in [0.717, 1.165) is 15.8 Å². The fourth-order valence-corrected chi connectivity index (χ4v) is 1.95. The first-order chi connectivity index (χ1) is 8.16. The first-order valence-electron chi connectivity index (χ1n) is 5.29. The third-order valence-corrected chi connectivity index (χ3v) is 2.91. The summed E-state index contributed by atoms with van der Waals surface area (Å²) in [5.74, 6) is 0.0460. The molecule has 17 heavy (non-hydrogen) atoms. The summed E-state index contributed by atoms with van der Waals surface area (Å²) in [7, 11) is 0. The largest absolute Gasteiger partial charge is 0.355 e. The van der Waals surface area contributed by atoms with Crippen molar-refractivity contribution in [1.82, 2.24) is 0 Å². The fraction of sp³-hybridized carbons (Fsp3) is 0.0714. The highest BCUT2D eigenvalue weighted by Crippen LogP contribution is 2.24. The van der Waals surface area contributed by atoms with Crippen LogP contribution in [-0.2, 0) is 0 Å². The van der Waals surface area contributed by atoms with Crippen molar-refractivity contribution < 1.29 is 4.79 Å². The van der Waals surface area contributed by atoms with Crippen LogP contribution in [0.15, 0.2) is 53.0 Å². The molecule has 86 valence electrons. The molecule has 0 saturated carbocycles. The van der Waals surface area contributed by atoms with Crippen LogP contribution in [0, 0.1) is 0 Å². The van der Waals surface area contributed by atoms with E-state index in [-0.39, 0.29) is 5.78 Å². The van der Waals surface area contributed by atoms with Crippen molar-refractivity contribution in [3.05, 3.63) is 58.6 Å². The Balaban J connectivity index is 2.36. The summed E-state index contributed by atoms with van der Waals surface area (Å²) in [5, 5.41) is 3.24. The van der Waals surface area contributed by atoms with Crippen LogP contribution in [0.4, 0.5) is 11.4 Å². The van der Waals surface area contributed by atoms with Gasteiger partial charge in [0, 0.05) is 21.4 Å². The highest BCUT2D eigenvalue weighted by Gasteiger charge is 2.07. The van der Waals surface area contributed by atoms with E-state index in [1.54, 1.807) is 6.92 Å². The van der Waals surface area contributed by atoms with E-state index in [1.165, 1.54) is 0 Å². The van der Waals surface area contributed by atoms with Crippen molar-refractivity contribution in [2.24, 2.45) is 0 Å². The standard InChI is InChI=1S/C14H12BrNO/c1-10(17)13-9-11(15)7-8-14(13)16-12-5-3-2-4-6-12/h2-9,16H,1H3. The van der Waals surface area contributed by atoms with E-state index >= 15 is 0 Å². The van der Waals surface area contributed by atoms with Crippen LogP contribution in [0.2, 0.25) is 0 Å². The average molecular weight is 290 g/mol. The molecule has 0 saturated heterocycles. The Morgan fingerprint density at radius 1 is 1.12 bits per heavy atom. The van der Waals surface area contributed by atoms with Crippen LogP contribution in [0.25, 0.3) is 0 Å². The summed E-state index contributed by atoms with van der Waals surface area (Å²) in [4.78, 5) is 11.5. The molecule has 0 aliphatic carbocycles. The van der Waals surface area contributed by atoms with Gasteiger partial charge in [0.05, 0.1) is 0 Å². The number of carbonyl (C=O) groups is 1. The number of Topliss-reactive ketones (excluding diaryl/α,β-unsaturated/α-hetero) is 1. The Kier molecular flexibility index (Phi) is 3.59. The summed E-state index contributed by atoms with van der Waals surface area (Å²) in [6.07, 6.45) is 0. The highest BCUT2D eigenvalue weighted by molar-refractivity contribution is 9.10. The maximum absolute atomic E-state index is 11.5. The summed E-state index contributed by atoms with van der Waals surface area (Å²) < 4.78 is 0.904. The van der Waals surface area contributed by atoms with Gasteiger partial charge in [-0.25, -0.2) is 0 Å². The lowest BCUT2D eigenvalue weighted by Gasteiger charge is -2.10. The lowest BCUT2D eigenvalue weighted by molar-refractivity contribution is 0.101. The fourth-order valence-electron chi connectivity index (χ4n) is 1.59. The van der Waals surface area contributed by atoms with Gasteiger partial charge in [-0.05, 0) is 37.3 Å². The number of benzene rings is 2. The van der Waals surface area contributed by atoms with Crippen molar-refractivity contribution in [3.8, 4) is 0 Å². The predicted octanol–water partition coefficient (Wildman–Crippen LogP) is 4.40. The molecular weight excluding hydrogens is 278 g/mol. The number of nitrogens with one attached hydrogen (secondary N) is 1. The first kappa shape index (κ1) is 11.9.